The quantitative estimate of drug-likeness (QED) is 0.832. The molecule has 0 aromatic heterocycles. The van der Waals surface area contributed by atoms with Crippen LogP contribution in [0.25, 0.3) is 0 Å². The molecule has 0 spiro atoms. The van der Waals surface area contributed by atoms with E-state index in [4.69, 9.17) is 11.6 Å². The van der Waals surface area contributed by atoms with E-state index in [1.807, 2.05) is 19.1 Å². The molecule has 1 aliphatic heterocycles. The largest absolute Gasteiger partial charge is 0.506 e. The average molecular weight is 240 g/mol. The first kappa shape index (κ1) is 11.7. The molecule has 2 nitrogen and oxygen atoms in total. The summed E-state index contributed by atoms with van der Waals surface area (Å²) in [4.78, 5) is 0. The number of hydrogen-bond donors (Lipinski definition) is 2. The number of nitrogens with one attached hydrogen (secondary N) is 1. The van der Waals surface area contributed by atoms with Gasteiger partial charge in [-0.1, -0.05) is 23.7 Å². The van der Waals surface area contributed by atoms with Crippen LogP contribution < -0.4 is 5.32 Å². The molecule has 0 radical (unpaired) electrons. The average Bonchev–Trinajstić information content (AvgIpc) is 2.31. The molecule has 1 aromatic carbocycles. The lowest BCUT2D eigenvalue weighted by molar-refractivity contribution is 0.372. The molecule has 2 rings (SSSR count). The van der Waals surface area contributed by atoms with E-state index in [9.17, 15) is 5.11 Å². The maximum Gasteiger partial charge on any atom is 0.137 e. The molecule has 0 bridgehead atoms. The second kappa shape index (κ2) is 5.07. The van der Waals surface area contributed by atoms with Gasteiger partial charge in [-0.05, 0) is 56.3 Å². The fourth-order valence-electron chi connectivity index (χ4n) is 2.26. The van der Waals surface area contributed by atoms with Crippen LogP contribution in [0.4, 0.5) is 0 Å². The Morgan fingerprint density at radius 1 is 1.38 bits per heavy atom. The number of aryl methyl sites for hydroxylation is 1. The van der Waals surface area contributed by atoms with Crippen LogP contribution in [0.15, 0.2) is 12.1 Å². The molecule has 1 aliphatic rings. The third-order valence-corrected chi connectivity index (χ3v) is 3.79. The van der Waals surface area contributed by atoms with Gasteiger partial charge < -0.3 is 10.4 Å². The molecule has 2 N–H and O–H groups in total. The van der Waals surface area contributed by atoms with Crippen LogP contribution in [0, 0.1) is 12.8 Å². The summed E-state index contributed by atoms with van der Waals surface area (Å²) in [5.74, 6) is 0.939. The highest BCUT2D eigenvalue weighted by Gasteiger charge is 2.16. The summed E-state index contributed by atoms with van der Waals surface area (Å²) >= 11 is 6.15. The minimum Gasteiger partial charge on any atom is -0.506 e. The van der Waals surface area contributed by atoms with Crippen molar-refractivity contribution in [1.29, 1.82) is 0 Å². The lowest BCUT2D eigenvalue weighted by atomic mass is 9.90. The number of halogens is 1. The van der Waals surface area contributed by atoms with Gasteiger partial charge in [0.2, 0.25) is 0 Å². The molecular formula is C13H18ClNO. The van der Waals surface area contributed by atoms with Crippen molar-refractivity contribution in [1.82, 2.24) is 5.32 Å². The Morgan fingerprint density at radius 2 is 2.06 bits per heavy atom. The predicted molar refractivity (Wildman–Crippen MR) is 67.2 cm³/mol. The van der Waals surface area contributed by atoms with Crippen molar-refractivity contribution in [2.75, 3.05) is 13.1 Å². The molecular weight excluding hydrogens is 222 g/mol. The molecule has 1 aromatic rings. The Morgan fingerprint density at radius 3 is 2.75 bits per heavy atom. The zero-order valence-electron chi connectivity index (χ0n) is 9.59. The van der Waals surface area contributed by atoms with E-state index in [1.54, 1.807) is 0 Å². The van der Waals surface area contributed by atoms with E-state index >= 15 is 0 Å². The fraction of sp³-hybridized carbons (Fsp3) is 0.538. The van der Waals surface area contributed by atoms with Crippen molar-refractivity contribution in [3.05, 3.63) is 28.3 Å². The number of phenols is 1. The summed E-state index contributed by atoms with van der Waals surface area (Å²) in [5, 5.41) is 13.7. The Balaban J connectivity index is 2.11. The van der Waals surface area contributed by atoms with Gasteiger partial charge in [0.05, 0.1) is 5.02 Å². The second-order valence-electron chi connectivity index (χ2n) is 4.60. The Labute approximate surface area is 102 Å². The van der Waals surface area contributed by atoms with E-state index < -0.39 is 0 Å². The monoisotopic (exact) mass is 239 g/mol. The Hall–Kier alpha value is -0.730. The summed E-state index contributed by atoms with van der Waals surface area (Å²) < 4.78 is 0. The standard InChI is InChI=1S/C13H18ClNO/c1-9-2-3-11(12(14)13(9)16)8-10-4-6-15-7-5-10/h2-3,10,15-16H,4-8H2,1H3. The first-order valence-corrected chi connectivity index (χ1v) is 6.24. The number of rotatable bonds is 2. The van der Waals surface area contributed by atoms with Crippen molar-refractivity contribution in [3.63, 3.8) is 0 Å². The van der Waals surface area contributed by atoms with Gasteiger partial charge in [0.15, 0.2) is 0 Å². The number of piperidine rings is 1. The van der Waals surface area contributed by atoms with Crippen molar-refractivity contribution in [2.24, 2.45) is 5.92 Å². The number of aromatic hydroxyl groups is 1. The lowest BCUT2D eigenvalue weighted by Crippen LogP contribution is -2.28. The zero-order chi connectivity index (χ0) is 11.5. The highest BCUT2D eigenvalue weighted by Crippen LogP contribution is 2.32. The Kier molecular flexibility index (Phi) is 3.72. The highest BCUT2D eigenvalue weighted by atomic mass is 35.5. The van der Waals surface area contributed by atoms with E-state index in [2.05, 4.69) is 5.32 Å². The normalized spacial score (nSPS) is 17.6. The lowest BCUT2D eigenvalue weighted by Gasteiger charge is -2.23. The molecule has 0 aliphatic carbocycles. The summed E-state index contributed by atoms with van der Waals surface area (Å²) in [6.45, 7) is 4.07. The topological polar surface area (TPSA) is 32.3 Å². The summed E-state index contributed by atoms with van der Waals surface area (Å²) in [6.07, 6.45) is 3.38. The van der Waals surface area contributed by atoms with Gasteiger partial charge in [-0.25, -0.2) is 0 Å². The molecule has 3 heteroatoms. The van der Waals surface area contributed by atoms with Crippen LogP contribution in [-0.2, 0) is 6.42 Å². The van der Waals surface area contributed by atoms with Crippen LogP contribution in [-0.4, -0.2) is 18.2 Å². The first-order valence-electron chi connectivity index (χ1n) is 5.86. The van der Waals surface area contributed by atoms with Gasteiger partial charge in [0.25, 0.3) is 0 Å². The summed E-state index contributed by atoms with van der Waals surface area (Å²) in [5.41, 5.74) is 1.93. The first-order chi connectivity index (χ1) is 7.68. The SMILES string of the molecule is Cc1ccc(CC2CCNCC2)c(Cl)c1O. The maximum absolute atomic E-state index is 9.77. The predicted octanol–water partition coefficient (Wildman–Crippen LogP) is 2.90. The van der Waals surface area contributed by atoms with Crippen LogP contribution in [0.5, 0.6) is 5.75 Å². The zero-order valence-corrected chi connectivity index (χ0v) is 10.3. The molecule has 88 valence electrons. The molecule has 1 saturated heterocycles. The molecule has 0 atom stereocenters. The Bertz CT molecular complexity index is 372. The minimum atomic E-state index is 0.244. The van der Waals surface area contributed by atoms with Crippen molar-refractivity contribution < 1.29 is 5.11 Å². The number of phenolic OH excluding ortho intramolecular Hbond substituents is 1. The number of hydrogen-bond acceptors (Lipinski definition) is 2. The van der Waals surface area contributed by atoms with Gasteiger partial charge in [-0.2, -0.15) is 0 Å². The van der Waals surface area contributed by atoms with E-state index in [-0.39, 0.29) is 5.75 Å². The third kappa shape index (κ3) is 2.50. The molecule has 0 amide bonds. The van der Waals surface area contributed by atoms with Crippen molar-refractivity contribution in [3.8, 4) is 5.75 Å². The number of benzene rings is 1. The van der Waals surface area contributed by atoms with Gasteiger partial charge in [-0.3, -0.25) is 0 Å². The molecule has 0 unspecified atom stereocenters. The van der Waals surface area contributed by atoms with E-state index in [1.165, 1.54) is 12.8 Å². The summed E-state index contributed by atoms with van der Waals surface area (Å²) in [6, 6.07) is 3.98. The smallest absolute Gasteiger partial charge is 0.137 e. The minimum absolute atomic E-state index is 0.244. The van der Waals surface area contributed by atoms with Gasteiger partial charge in [0.1, 0.15) is 5.75 Å². The third-order valence-electron chi connectivity index (χ3n) is 3.37. The van der Waals surface area contributed by atoms with Gasteiger partial charge in [-0.15, -0.1) is 0 Å². The molecule has 0 saturated carbocycles. The van der Waals surface area contributed by atoms with Crippen LogP contribution in [0.2, 0.25) is 5.02 Å². The molecule has 1 heterocycles. The fourth-order valence-corrected chi connectivity index (χ4v) is 2.55. The van der Waals surface area contributed by atoms with Gasteiger partial charge in [0, 0.05) is 0 Å². The van der Waals surface area contributed by atoms with Crippen molar-refractivity contribution >= 4 is 11.6 Å². The second-order valence-corrected chi connectivity index (χ2v) is 4.98. The molecule has 16 heavy (non-hydrogen) atoms. The van der Waals surface area contributed by atoms with Crippen LogP contribution >= 0.6 is 11.6 Å². The molecule has 1 fully saturated rings. The van der Waals surface area contributed by atoms with E-state index in [0.29, 0.717) is 10.9 Å². The van der Waals surface area contributed by atoms with Gasteiger partial charge >= 0.3 is 0 Å². The van der Waals surface area contributed by atoms with Crippen molar-refractivity contribution in [2.45, 2.75) is 26.2 Å². The summed E-state index contributed by atoms with van der Waals surface area (Å²) in [7, 11) is 0. The van der Waals surface area contributed by atoms with Crippen LogP contribution in [0.1, 0.15) is 24.0 Å². The van der Waals surface area contributed by atoms with Crippen LogP contribution in [0.3, 0.4) is 0 Å². The highest BCUT2D eigenvalue weighted by molar-refractivity contribution is 6.32. The van der Waals surface area contributed by atoms with E-state index in [0.717, 1.165) is 30.6 Å². The maximum atomic E-state index is 9.77.